The van der Waals surface area contributed by atoms with Crippen LogP contribution in [0.4, 0.5) is 5.69 Å². The number of nitrogens with zero attached hydrogens (tertiary/aromatic N) is 2. The Morgan fingerprint density at radius 3 is 2.58 bits per heavy atom. The summed E-state index contributed by atoms with van der Waals surface area (Å²) < 4.78 is 11.4. The second kappa shape index (κ2) is 8.65. The molecule has 0 saturated carbocycles. The minimum absolute atomic E-state index is 0.247. The second-order valence-electron chi connectivity index (χ2n) is 5.40. The minimum atomic E-state index is -0.620. The van der Waals surface area contributed by atoms with Gasteiger partial charge in [-0.05, 0) is 24.1 Å². The van der Waals surface area contributed by atoms with E-state index in [9.17, 15) is 19.7 Å². The highest BCUT2D eigenvalue weighted by atomic mass is 16.6. The zero-order valence-electron chi connectivity index (χ0n) is 14.4. The van der Waals surface area contributed by atoms with E-state index in [0.717, 1.165) is 28.5 Å². The molecule has 0 spiro atoms. The third-order valence-corrected chi connectivity index (χ3v) is 3.68. The van der Waals surface area contributed by atoms with Crippen molar-refractivity contribution in [3.8, 4) is 11.5 Å². The topological polar surface area (TPSA) is 113 Å². The average molecular weight is 361 g/mol. The molecule has 1 heterocycles. The van der Waals surface area contributed by atoms with E-state index in [1.807, 2.05) is 12.1 Å². The Kier molecular flexibility index (Phi) is 6.31. The number of aromatic nitrogens is 1. The summed E-state index contributed by atoms with van der Waals surface area (Å²) in [5.41, 5.74) is 0.212. The molecule has 1 amide bonds. The molecule has 0 fully saturated rings. The maximum atomic E-state index is 12.0. The molecule has 0 atom stereocenters. The number of carbonyl (C=O) groups excluding carboxylic acids is 1. The number of hydrogen-bond donors (Lipinski definition) is 1. The number of nitro groups is 1. The first-order valence-electron chi connectivity index (χ1n) is 7.77. The molecule has 0 aliphatic heterocycles. The van der Waals surface area contributed by atoms with Crippen LogP contribution in [0.15, 0.2) is 41.3 Å². The van der Waals surface area contributed by atoms with Crippen LogP contribution in [0.25, 0.3) is 0 Å². The number of rotatable bonds is 8. The number of carbonyl (C=O) groups is 1. The number of hydrogen-bond acceptors (Lipinski definition) is 6. The van der Waals surface area contributed by atoms with Crippen LogP contribution in [0, 0.1) is 10.1 Å². The van der Waals surface area contributed by atoms with Crippen molar-refractivity contribution in [2.45, 2.75) is 13.0 Å². The molecule has 2 aromatic rings. The molecule has 2 rings (SSSR count). The van der Waals surface area contributed by atoms with Gasteiger partial charge in [-0.25, -0.2) is 0 Å². The summed E-state index contributed by atoms with van der Waals surface area (Å²) in [6.45, 7) is 0.0600. The van der Waals surface area contributed by atoms with E-state index in [1.54, 1.807) is 20.3 Å². The largest absolute Gasteiger partial charge is 0.493 e. The van der Waals surface area contributed by atoms with Crippen molar-refractivity contribution in [3.63, 3.8) is 0 Å². The van der Waals surface area contributed by atoms with Crippen molar-refractivity contribution in [3.05, 3.63) is 62.6 Å². The average Bonchev–Trinajstić information content (AvgIpc) is 2.63. The van der Waals surface area contributed by atoms with Crippen LogP contribution < -0.4 is 20.3 Å². The molecule has 1 N–H and O–H groups in total. The van der Waals surface area contributed by atoms with Gasteiger partial charge >= 0.3 is 0 Å². The zero-order valence-corrected chi connectivity index (χ0v) is 14.4. The molecule has 1 aromatic carbocycles. The summed E-state index contributed by atoms with van der Waals surface area (Å²) in [4.78, 5) is 33.8. The number of pyridine rings is 1. The van der Waals surface area contributed by atoms with Gasteiger partial charge in [0, 0.05) is 18.7 Å². The Morgan fingerprint density at radius 2 is 1.92 bits per heavy atom. The summed E-state index contributed by atoms with van der Waals surface area (Å²) in [7, 11) is 3.09. The lowest BCUT2D eigenvalue weighted by Gasteiger charge is -2.10. The Morgan fingerprint density at radius 1 is 1.19 bits per heavy atom. The van der Waals surface area contributed by atoms with E-state index in [4.69, 9.17) is 9.47 Å². The third kappa shape index (κ3) is 4.82. The molecule has 0 radical (unpaired) electrons. The predicted octanol–water partition coefficient (Wildman–Crippen LogP) is 1.13. The van der Waals surface area contributed by atoms with Gasteiger partial charge in [0.1, 0.15) is 6.54 Å². The van der Waals surface area contributed by atoms with Crippen LogP contribution in [0.3, 0.4) is 0 Å². The maximum Gasteiger partial charge on any atom is 0.285 e. The van der Waals surface area contributed by atoms with E-state index in [2.05, 4.69) is 5.32 Å². The van der Waals surface area contributed by atoms with Crippen molar-refractivity contribution >= 4 is 11.6 Å². The highest BCUT2D eigenvalue weighted by molar-refractivity contribution is 5.75. The molecule has 9 heteroatoms. The first-order chi connectivity index (χ1) is 12.4. The predicted molar refractivity (Wildman–Crippen MR) is 93.6 cm³/mol. The molecular formula is C17H19N3O6. The Bertz CT molecular complexity index is 862. The van der Waals surface area contributed by atoms with Gasteiger partial charge in [0.25, 0.3) is 11.2 Å². The van der Waals surface area contributed by atoms with Gasteiger partial charge in [0.2, 0.25) is 5.91 Å². The molecule has 0 bridgehead atoms. The van der Waals surface area contributed by atoms with Gasteiger partial charge in [-0.15, -0.1) is 0 Å². The molecule has 9 nitrogen and oxygen atoms in total. The van der Waals surface area contributed by atoms with Gasteiger partial charge < -0.3 is 14.8 Å². The second-order valence-corrected chi connectivity index (χ2v) is 5.40. The highest BCUT2D eigenvalue weighted by Crippen LogP contribution is 2.27. The van der Waals surface area contributed by atoms with Crippen LogP contribution in [-0.4, -0.2) is 36.2 Å². The lowest BCUT2D eigenvalue weighted by Crippen LogP contribution is -2.33. The molecule has 26 heavy (non-hydrogen) atoms. The third-order valence-electron chi connectivity index (χ3n) is 3.68. The van der Waals surface area contributed by atoms with Crippen molar-refractivity contribution in [2.75, 3.05) is 20.8 Å². The standard InChI is InChI=1S/C17H19N3O6/c1-25-14-5-3-12(9-15(14)26-2)7-8-18-16(21)11-19-10-13(20(23)24)4-6-17(19)22/h3-6,9-10H,7-8,11H2,1-2H3,(H,18,21). The zero-order chi connectivity index (χ0) is 19.1. The van der Waals surface area contributed by atoms with E-state index < -0.39 is 16.4 Å². The maximum absolute atomic E-state index is 12.0. The molecule has 138 valence electrons. The van der Waals surface area contributed by atoms with Crippen LogP contribution >= 0.6 is 0 Å². The fraction of sp³-hybridized carbons (Fsp3) is 0.294. The van der Waals surface area contributed by atoms with Crippen LogP contribution in [-0.2, 0) is 17.8 Å². The van der Waals surface area contributed by atoms with Gasteiger partial charge in [-0.1, -0.05) is 6.07 Å². The summed E-state index contributed by atoms with van der Waals surface area (Å²) in [5.74, 6) is 0.804. The van der Waals surface area contributed by atoms with Crippen molar-refractivity contribution < 1.29 is 19.2 Å². The molecule has 0 aliphatic carbocycles. The van der Waals surface area contributed by atoms with Gasteiger partial charge in [-0.3, -0.25) is 24.3 Å². The summed E-state index contributed by atoms with van der Waals surface area (Å²) in [6, 6.07) is 7.62. The lowest BCUT2D eigenvalue weighted by molar-refractivity contribution is -0.385. The molecule has 0 saturated heterocycles. The van der Waals surface area contributed by atoms with E-state index >= 15 is 0 Å². The van der Waals surface area contributed by atoms with Crippen molar-refractivity contribution in [1.29, 1.82) is 0 Å². The number of benzene rings is 1. The Labute approximate surface area is 149 Å². The van der Waals surface area contributed by atoms with Crippen LogP contribution in [0.5, 0.6) is 11.5 Å². The number of amides is 1. The fourth-order valence-corrected chi connectivity index (χ4v) is 2.34. The van der Waals surface area contributed by atoms with Gasteiger partial charge in [0.05, 0.1) is 25.3 Å². The Hall–Kier alpha value is -3.36. The monoisotopic (exact) mass is 361 g/mol. The number of ether oxygens (including phenoxy) is 2. The summed E-state index contributed by atoms with van der Waals surface area (Å²) in [6.07, 6.45) is 1.60. The minimum Gasteiger partial charge on any atom is -0.493 e. The molecular weight excluding hydrogens is 342 g/mol. The smallest absolute Gasteiger partial charge is 0.285 e. The normalized spacial score (nSPS) is 10.2. The van der Waals surface area contributed by atoms with E-state index in [1.165, 1.54) is 0 Å². The molecule has 0 aliphatic rings. The number of nitrogens with one attached hydrogen (secondary N) is 1. The van der Waals surface area contributed by atoms with E-state index in [0.29, 0.717) is 24.5 Å². The molecule has 0 unspecified atom stereocenters. The van der Waals surface area contributed by atoms with Gasteiger partial charge in [-0.2, -0.15) is 0 Å². The quantitative estimate of drug-likeness (QED) is 0.557. The first-order valence-corrected chi connectivity index (χ1v) is 7.77. The van der Waals surface area contributed by atoms with E-state index in [-0.39, 0.29) is 12.2 Å². The summed E-state index contributed by atoms with van der Waals surface area (Å²) >= 11 is 0. The number of methoxy groups -OCH3 is 2. The van der Waals surface area contributed by atoms with Gasteiger partial charge in [0.15, 0.2) is 11.5 Å². The first kappa shape index (κ1) is 19.0. The fourth-order valence-electron chi connectivity index (χ4n) is 2.34. The van der Waals surface area contributed by atoms with Crippen LogP contribution in [0.1, 0.15) is 5.56 Å². The molecule has 1 aromatic heterocycles. The highest BCUT2D eigenvalue weighted by Gasteiger charge is 2.11. The Balaban J connectivity index is 1.93. The summed E-state index contributed by atoms with van der Waals surface area (Å²) in [5, 5.41) is 13.4. The lowest BCUT2D eigenvalue weighted by atomic mass is 10.1. The van der Waals surface area contributed by atoms with Crippen LogP contribution in [0.2, 0.25) is 0 Å². The SMILES string of the molecule is COc1ccc(CCNC(=O)Cn2cc([N+](=O)[O-])ccc2=O)cc1OC. The van der Waals surface area contributed by atoms with Crippen molar-refractivity contribution in [2.24, 2.45) is 0 Å². The van der Waals surface area contributed by atoms with Crippen molar-refractivity contribution in [1.82, 2.24) is 9.88 Å².